The number of nitrogens with zero attached hydrogens (tertiary/aromatic N) is 1. The van der Waals surface area contributed by atoms with Gasteiger partial charge in [0.05, 0.1) is 11.8 Å². The van der Waals surface area contributed by atoms with Crippen molar-refractivity contribution in [1.29, 1.82) is 0 Å². The van der Waals surface area contributed by atoms with E-state index in [1.807, 2.05) is 0 Å². The van der Waals surface area contributed by atoms with Gasteiger partial charge in [0.1, 0.15) is 11.6 Å². The minimum Gasteiger partial charge on any atom is -0.389 e. The predicted octanol–water partition coefficient (Wildman–Crippen LogP) is 1.43. The third-order valence-corrected chi connectivity index (χ3v) is 2.97. The van der Waals surface area contributed by atoms with Gasteiger partial charge in [-0.2, -0.15) is 0 Å². The number of nitrogens with one attached hydrogen (secondary N) is 1. The predicted molar refractivity (Wildman–Crippen MR) is 62.1 cm³/mol. The lowest BCUT2D eigenvalue weighted by Crippen LogP contribution is -2.44. The normalized spacial score (nSPS) is 18.2. The standard InChI is InChI=1S/C12H16F2N2O/c1-8(17)9-6-11(14)12(7-10(9)13)16-4-2-15-3-5-16/h6-8,15,17H,2-5H2,1H3. The Hall–Kier alpha value is -1.20. The Balaban J connectivity index is 2.32. The van der Waals surface area contributed by atoms with E-state index in [2.05, 4.69) is 5.32 Å². The first kappa shape index (κ1) is 12.3. The topological polar surface area (TPSA) is 35.5 Å². The first-order valence-electron chi connectivity index (χ1n) is 5.72. The average molecular weight is 242 g/mol. The maximum absolute atomic E-state index is 13.8. The van der Waals surface area contributed by atoms with Gasteiger partial charge in [-0.15, -0.1) is 0 Å². The number of halogens is 2. The quantitative estimate of drug-likeness (QED) is 0.823. The van der Waals surface area contributed by atoms with Crippen molar-refractivity contribution in [2.75, 3.05) is 31.1 Å². The van der Waals surface area contributed by atoms with Gasteiger partial charge in [0.2, 0.25) is 0 Å². The Morgan fingerprint density at radius 3 is 2.47 bits per heavy atom. The summed E-state index contributed by atoms with van der Waals surface area (Å²) in [5.41, 5.74) is 0.273. The van der Waals surface area contributed by atoms with E-state index in [1.165, 1.54) is 13.0 Å². The average Bonchev–Trinajstić information content (AvgIpc) is 2.32. The number of hydrogen-bond donors (Lipinski definition) is 2. The molecular formula is C12H16F2N2O. The van der Waals surface area contributed by atoms with Gasteiger partial charge in [-0.3, -0.25) is 0 Å². The molecule has 1 unspecified atom stereocenters. The van der Waals surface area contributed by atoms with Crippen LogP contribution < -0.4 is 10.2 Å². The second-order valence-corrected chi connectivity index (χ2v) is 4.24. The van der Waals surface area contributed by atoms with Crippen LogP contribution in [0.25, 0.3) is 0 Å². The smallest absolute Gasteiger partial charge is 0.147 e. The van der Waals surface area contributed by atoms with E-state index in [1.54, 1.807) is 4.90 Å². The first-order chi connectivity index (χ1) is 8.09. The van der Waals surface area contributed by atoms with Gasteiger partial charge in [0, 0.05) is 37.8 Å². The molecule has 17 heavy (non-hydrogen) atoms. The molecule has 2 N–H and O–H groups in total. The molecule has 1 aliphatic rings. The van der Waals surface area contributed by atoms with E-state index in [0.717, 1.165) is 19.2 Å². The van der Waals surface area contributed by atoms with Crippen LogP contribution in [0.5, 0.6) is 0 Å². The molecule has 94 valence electrons. The van der Waals surface area contributed by atoms with Crippen LogP contribution in [0.15, 0.2) is 12.1 Å². The van der Waals surface area contributed by atoms with Gasteiger partial charge < -0.3 is 15.3 Å². The van der Waals surface area contributed by atoms with Crippen LogP contribution in [-0.2, 0) is 0 Å². The molecule has 0 bridgehead atoms. The summed E-state index contributed by atoms with van der Waals surface area (Å²) in [6, 6.07) is 2.25. The molecule has 0 saturated carbocycles. The monoisotopic (exact) mass is 242 g/mol. The molecule has 1 aliphatic heterocycles. The number of benzene rings is 1. The van der Waals surface area contributed by atoms with Gasteiger partial charge in [-0.1, -0.05) is 0 Å². The van der Waals surface area contributed by atoms with Crippen molar-refractivity contribution in [3.05, 3.63) is 29.3 Å². The molecule has 0 amide bonds. The number of piperazine rings is 1. The van der Waals surface area contributed by atoms with E-state index >= 15 is 0 Å². The molecule has 1 aromatic carbocycles. The highest BCUT2D eigenvalue weighted by atomic mass is 19.1. The second-order valence-electron chi connectivity index (χ2n) is 4.24. The first-order valence-corrected chi connectivity index (χ1v) is 5.72. The fourth-order valence-corrected chi connectivity index (χ4v) is 2.02. The van der Waals surface area contributed by atoms with Crippen LogP contribution in [0.1, 0.15) is 18.6 Å². The van der Waals surface area contributed by atoms with Gasteiger partial charge in [-0.25, -0.2) is 8.78 Å². The van der Waals surface area contributed by atoms with Crippen LogP contribution in [0.2, 0.25) is 0 Å². The summed E-state index contributed by atoms with van der Waals surface area (Å²) in [4.78, 5) is 1.81. The van der Waals surface area contributed by atoms with Crippen LogP contribution >= 0.6 is 0 Å². The molecule has 1 aromatic rings. The SMILES string of the molecule is CC(O)c1cc(F)c(N2CCNCC2)cc1F. The van der Waals surface area contributed by atoms with Crippen LogP contribution in [-0.4, -0.2) is 31.3 Å². The number of anilines is 1. The van der Waals surface area contributed by atoms with E-state index in [0.29, 0.717) is 13.1 Å². The molecule has 0 spiro atoms. The van der Waals surface area contributed by atoms with Gasteiger partial charge in [-0.05, 0) is 13.0 Å². The molecule has 3 nitrogen and oxygen atoms in total. The highest BCUT2D eigenvalue weighted by molar-refractivity contribution is 5.50. The summed E-state index contributed by atoms with van der Waals surface area (Å²) in [5, 5.41) is 12.5. The van der Waals surface area contributed by atoms with E-state index in [4.69, 9.17) is 0 Å². The summed E-state index contributed by atoms with van der Waals surface area (Å²) in [6.07, 6.45) is -0.999. The van der Waals surface area contributed by atoms with E-state index < -0.39 is 17.7 Å². The Morgan fingerprint density at radius 1 is 1.24 bits per heavy atom. The zero-order chi connectivity index (χ0) is 12.4. The number of aliphatic hydroxyl groups is 1. The summed E-state index contributed by atoms with van der Waals surface area (Å²) >= 11 is 0. The van der Waals surface area contributed by atoms with E-state index in [-0.39, 0.29) is 11.3 Å². The fourth-order valence-electron chi connectivity index (χ4n) is 2.02. The molecule has 1 saturated heterocycles. The second kappa shape index (κ2) is 4.98. The number of rotatable bonds is 2. The van der Waals surface area contributed by atoms with Gasteiger partial charge in [0.25, 0.3) is 0 Å². The summed E-state index contributed by atoms with van der Waals surface area (Å²) in [5.74, 6) is -1.04. The Bertz CT molecular complexity index is 404. The lowest BCUT2D eigenvalue weighted by molar-refractivity contribution is 0.193. The molecule has 0 aliphatic carbocycles. The zero-order valence-electron chi connectivity index (χ0n) is 9.71. The molecular weight excluding hydrogens is 226 g/mol. The highest BCUT2D eigenvalue weighted by Gasteiger charge is 2.18. The van der Waals surface area contributed by atoms with Crippen molar-refractivity contribution in [2.45, 2.75) is 13.0 Å². The minimum absolute atomic E-state index is 0.00128. The van der Waals surface area contributed by atoms with Crippen molar-refractivity contribution in [3.8, 4) is 0 Å². The Morgan fingerprint density at radius 2 is 1.88 bits per heavy atom. The molecule has 0 radical (unpaired) electrons. The van der Waals surface area contributed by atoms with Crippen LogP contribution in [0.4, 0.5) is 14.5 Å². The van der Waals surface area contributed by atoms with Crippen molar-refractivity contribution < 1.29 is 13.9 Å². The number of aliphatic hydroxyl groups excluding tert-OH is 1. The van der Waals surface area contributed by atoms with Crippen LogP contribution in [0.3, 0.4) is 0 Å². The molecule has 1 heterocycles. The molecule has 1 atom stereocenters. The van der Waals surface area contributed by atoms with E-state index in [9.17, 15) is 13.9 Å². The minimum atomic E-state index is -0.999. The fraction of sp³-hybridized carbons (Fsp3) is 0.500. The van der Waals surface area contributed by atoms with Crippen molar-refractivity contribution in [2.24, 2.45) is 0 Å². The van der Waals surface area contributed by atoms with Crippen LogP contribution in [0, 0.1) is 11.6 Å². The third kappa shape index (κ3) is 2.56. The van der Waals surface area contributed by atoms with Crippen molar-refractivity contribution in [3.63, 3.8) is 0 Å². The Labute approximate surface area is 99.1 Å². The molecule has 0 aromatic heterocycles. The molecule has 1 fully saturated rings. The van der Waals surface area contributed by atoms with Crippen molar-refractivity contribution >= 4 is 5.69 Å². The number of hydrogen-bond acceptors (Lipinski definition) is 3. The summed E-state index contributed by atoms with van der Waals surface area (Å²) in [6.45, 7) is 4.26. The zero-order valence-corrected chi connectivity index (χ0v) is 9.71. The highest BCUT2D eigenvalue weighted by Crippen LogP contribution is 2.26. The molecule has 2 rings (SSSR count). The maximum Gasteiger partial charge on any atom is 0.147 e. The molecule has 5 heteroatoms. The lowest BCUT2D eigenvalue weighted by atomic mass is 10.1. The van der Waals surface area contributed by atoms with Crippen molar-refractivity contribution in [1.82, 2.24) is 5.32 Å². The largest absolute Gasteiger partial charge is 0.389 e. The summed E-state index contributed by atoms with van der Waals surface area (Å²) < 4.78 is 27.5. The summed E-state index contributed by atoms with van der Waals surface area (Å²) in [7, 11) is 0. The van der Waals surface area contributed by atoms with Gasteiger partial charge >= 0.3 is 0 Å². The third-order valence-electron chi connectivity index (χ3n) is 2.97. The van der Waals surface area contributed by atoms with Gasteiger partial charge in [0.15, 0.2) is 0 Å². The Kier molecular flexibility index (Phi) is 3.59. The maximum atomic E-state index is 13.8. The lowest BCUT2D eigenvalue weighted by Gasteiger charge is -2.30.